The second kappa shape index (κ2) is 6.11. The van der Waals surface area contributed by atoms with Crippen molar-refractivity contribution in [3.63, 3.8) is 0 Å². The summed E-state index contributed by atoms with van der Waals surface area (Å²) in [5.41, 5.74) is 0.595. The maximum Gasteiger partial charge on any atom is 0.243 e. The largest absolute Gasteiger partial charge is 0.497 e. The Labute approximate surface area is 120 Å². The van der Waals surface area contributed by atoms with Crippen LogP contribution in [0.3, 0.4) is 0 Å². The zero-order valence-corrected chi connectivity index (χ0v) is 12.7. The highest BCUT2D eigenvalue weighted by Gasteiger charge is 2.32. The number of ether oxygens (including phenoxy) is 1. The minimum Gasteiger partial charge on any atom is -0.497 e. The number of hydrogen-bond donors (Lipinski definition) is 1. The first-order valence-corrected chi connectivity index (χ1v) is 8.20. The van der Waals surface area contributed by atoms with E-state index in [1.165, 1.54) is 11.4 Å². The van der Waals surface area contributed by atoms with Crippen molar-refractivity contribution in [3.8, 4) is 5.75 Å². The van der Waals surface area contributed by atoms with Crippen LogP contribution in [0.15, 0.2) is 23.1 Å². The van der Waals surface area contributed by atoms with Crippen molar-refractivity contribution in [1.29, 1.82) is 0 Å². The summed E-state index contributed by atoms with van der Waals surface area (Å²) < 4.78 is 31.9. The van der Waals surface area contributed by atoms with E-state index in [0.717, 1.165) is 19.3 Å². The number of nitrogens with zero attached hydrogens (tertiary/aromatic N) is 1. The van der Waals surface area contributed by atoms with Crippen LogP contribution < -0.4 is 4.74 Å². The fraction of sp³-hybridized carbons (Fsp3) is 0.571. The second-order valence-corrected chi connectivity index (χ2v) is 7.02. The molecule has 1 saturated carbocycles. The topological polar surface area (TPSA) is 66.8 Å². The summed E-state index contributed by atoms with van der Waals surface area (Å²) in [6.07, 6.45) is 3.21. The Balaban J connectivity index is 2.39. The van der Waals surface area contributed by atoms with Gasteiger partial charge in [0.25, 0.3) is 0 Å². The van der Waals surface area contributed by atoms with Gasteiger partial charge in [-0.3, -0.25) is 0 Å². The molecule has 1 N–H and O–H groups in total. The van der Waals surface area contributed by atoms with Crippen molar-refractivity contribution in [2.75, 3.05) is 20.8 Å². The third-order valence-electron chi connectivity index (χ3n) is 3.89. The molecule has 1 aromatic carbocycles. The summed E-state index contributed by atoms with van der Waals surface area (Å²) in [6.45, 7) is -0.0944. The van der Waals surface area contributed by atoms with Gasteiger partial charge in [-0.15, -0.1) is 0 Å². The monoisotopic (exact) mass is 299 g/mol. The minimum absolute atomic E-state index is 0.0944. The van der Waals surface area contributed by atoms with E-state index in [1.54, 1.807) is 25.2 Å². The Kier molecular flexibility index (Phi) is 4.67. The van der Waals surface area contributed by atoms with E-state index in [2.05, 4.69) is 0 Å². The molecule has 0 heterocycles. The van der Waals surface area contributed by atoms with Gasteiger partial charge in [-0.1, -0.05) is 6.42 Å². The smallest absolute Gasteiger partial charge is 0.243 e. The van der Waals surface area contributed by atoms with E-state index in [-0.39, 0.29) is 17.5 Å². The third kappa shape index (κ3) is 2.82. The molecule has 0 radical (unpaired) electrons. The van der Waals surface area contributed by atoms with Gasteiger partial charge >= 0.3 is 0 Å². The van der Waals surface area contributed by atoms with Gasteiger partial charge in [0.05, 0.1) is 12.0 Å². The Hall–Kier alpha value is -1.11. The molecule has 1 aliphatic carbocycles. The molecule has 0 amide bonds. The van der Waals surface area contributed by atoms with Gasteiger partial charge in [-0.25, -0.2) is 8.42 Å². The Morgan fingerprint density at radius 3 is 2.60 bits per heavy atom. The summed E-state index contributed by atoms with van der Waals surface area (Å²) in [5.74, 6) is 0.596. The third-order valence-corrected chi connectivity index (χ3v) is 5.91. The highest BCUT2D eigenvalue weighted by Crippen LogP contribution is 2.31. The molecule has 0 saturated heterocycles. The van der Waals surface area contributed by atoms with Crippen molar-refractivity contribution in [2.45, 2.75) is 36.6 Å². The summed E-state index contributed by atoms with van der Waals surface area (Å²) in [6, 6.07) is 4.98. The Morgan fingerprint density at radius 2 is 2.10 bits per heavy atom. The summed E-state index contributed by atoms with van der Waals surface area (Å²) >= 11 is 0. The highest BCUT2D eigenvalue weighted by atomic mass is 32.2. The van der Waals surface area contributed by atoms with Crippen LogP contribution in [-0.2, 0) is 16.4 Å². The first-order chi connectivity index (χ1) is 9.50. The van der Waals surface area contributed by atoms with Gasteiger partial charge in [-0.05, 0) is 43.0 Å². The molecule has 5 nitrogen and oxygen atoms in total. The first kappa shape index (κ1) is 15.3. The van der Waals surface area contributed by atoms with Crippen LogP contribution in [-0.4, -0.2) is 44.6 Å². The van der Waals surface area contributed by atoms with Gasteiger partial charge in [0.2, 0.25) is 10.0 Å². The van der Waals surface area contributed by atoms with Crippen molar-refractivity contribution in [3.05, 3.63) is 23.8 Å². The molecule has 0 aliphatic heterocycles. The predicted molar refractivity (Wildman–Crippen MR) is 76.4 cm³/mol. The molecule has 2 rings (SSSR count). The lowest BCUT2D eigenvalue weighted by Crippen LogP contribution is -2.41. The van der Waals surface area contributed by atoms with Gasteiger partial charge in [0.15, 0.2) is 0 Å². The minimum atomic E-state index is -3.51. The quantitative estimate of drug-likeness (QED) is 0.862. The van der Waals surface area contributed by atoms with Crippen molar-refractivity contribution >= 4 is 10.0 Å². The molecule has 0 aromatic heterocycles. The van der Waals surface area contributed by atoms with Gasteiger partial charge in [-0.2, -0.15) is 4.31 Å². The lowest BCUT2D eigenvalue weighted by molar-refractivity contribution is 0.249. The van der Waals surface area contributed by atoms with E-state index in [9.17, 15) is 8.42 Å². The van der Waals surface area contributed by atoms with Crippen LogP contribution >= 0.6 is 0 Å². The number of aliphatic hydroxyl groups excluding tert-OH is 1. The zero-order chi connectivity index (χ0) is 14.8. The SMILES string of the molecule is COc1ccc(S(=O)(=O)N(C)C2CCC2)c(CCO)c1. The van der Waals surface area contributed by atoms with Crippen molar-refractivity contribution < 1.29 is 18.3 Å². The standard InChI is InChI=1S/C14H21NO4S/c1-15(12-4-3-5-12)20(17,18)14-7-6-13(19-2)10-11(14)8-9-16/h6-7,10,12,16H,3-5,8-9H2,1-2H3. The lowest BCUT2D eigenvalue weighted by Gasteiger charge is -2.34. The normalized spacial score (nSPS) is 16.2. The van der Waals surface area contributed by atoms with Crippen LogP contribution in [0.1, 0.15) is 24.8 Å². The zero-order valence-electron chi connectivity index (χ0n) is 11.9. The maximum absolute atomic E-state index is 12.7. The molecule has 1 fully saturated rings. The average Bonchev–Trinajstić information content (AvgIpc) is 2.36. The molecule has 0 spiro atoms. The molecule has 6 heteroatoms. The fourth-order valence-electron chi connectivity index (χ4n) is 2.35. The molecule has 1 aromatic rings. The van der Waals surface area contributed by atoms with Crippen LogP contribution in [0, 0.1) is 0 Å². The summed E-state index contributed by atoms with van der Waals surface area (Å²) in [5, 5.41) is 9.13. The van der Waals surface area contributed by atoms with Gasteiger partial charge < -0.3 is 9.84 Å². The van der Waals surface area contributed by atoms with E-state index in [4.69, 9.17) is 9.84 Å². The predicted octanol–water partition coefficient (Wildman–Crippen LogP) is 1.40. The van der Waals surface area contributed by atoms with Crippen molar-refractivity contribution in [1.82, 2.24) is 4.31 Å². The maximum atomic E-state index is 12.7. The fourth-order valence-corrected chi connectivity index (χ4v) is 4.00. The number of hydrogen-bond acceptors (Lipinski definition) is 4. The van der Waals surface area contributed by atoms with Crippen molar-refractivity contribution in [2.24, 2.45) is 0 Å². The molecule has 112 valence electrons. The molecular formula is C14H21NO4S. The summed E-state index contributed by atoms with van der Waals surface area (Å²) in [4.78, 5) is 0.266. The van der Waals surface area contributed by atoms with Crippen LogP contribution in [0.25, 0.3) is 0 Å². The number of aliphatic hydroxyl groups is 1. The van der Waals surface area contributed by atoms with E-state index in [1.807, 2.05) is 0 Å². The lowest BCUT2D eigenvalue weighted by atomic mass is 9.94. The molecular weight excluding hydrogens is 278 g/mol. The highest BCUT2D eigenvalue weighted by molar-refractivity contribution is 7.89. The van der Waals surface area contributed by atoms with Crippen LogP contribution in [0.5, 0.6) is 5.75 Å². The number of benzene rings is 1. The second-order valence-electron chi connectivity index (χ2n) is 5.05. The molecule has 0 bridgehead atoms. The van der Waals surface area contributed by atoms with E-state index in [0.29, 0.717) is 17.7 Å². The molecule has 0 unspecified atom stereocenters. The number of sulfonamides is 1. The Morgan fingerprint density at radius 1 is 1.40 bits per heavy atom. The number of methoxy groups -OCH3 is 1. The Bertz CT molecular complexity index is 567. The van der Waals surface area contributed by atoms with Crippen LogP contribution in [0.4, 0.5) is 0 Å². The molecule has 0 atom stereocenters. The number of rotatable bonds is 6. The van der Waals surface area contributed by atoms with Gasteiger partial charge in [0, 0.05) is 19.7 Å². The van der Waals surface area contributed by atoms with Crippen LogP contribution in [0.2, 0.25) is 0 Å². The van der Waals surface area contributed by atoms with Gasteiger partial charge in [0.1, 0.15) is 5.75 Å². The molecule has 1 aliphatic rings. The van der Waals surface area contributed by atoms with E-state index >= 15 is 0 Å². The van der Waals surface area contributed by atoms with E-state index < -0.39 is 10.0 Å². The first-order valence-electron chi connectivity index (χ1n) is 6.76. The molecule has 20 heavy (non-hydrogen) atoms. The summed E-state index contributed by atoms with van der Waals surface area (Å²) in [7, 11) is -0.345. The average molecular weight is 299 g/mol.